The molecule has 0 fully saturated rings. The highest BCUT2D eigenvalue weighted by Crippen LogP contribution is 2.29. The van der Waals surface area contributed by atoms with Crippen LogP contribution in [0.5, 0.6) is 0 Å². The van der Waals surface area contributed by atoms with E-state index in [1.807, 2.05) is 0 Å². The normalized spacial score (nSPS) is 11.5. The number of nitro benzene ring substituents is 1. The topological polar surface area (TPSA) is 79.6 Å². The van der Waals surface area contributed by atoms with Crippen molar-refractivity contribution >= 4 is 44.4 Å². The summed E-state index contributed by atoms with van der Waals surface area (Å²) in [7, 11) is 0. The predicted octanol–water partition coefficient (Wildman–Crippen LogP) is 4.73. The molecule has 7 nitrogen and oxygen atoms in total. The number of rotatable bonds is 9. The number of benzene rings is 2. The van der Waals surface area contributed by atoms with Gasteiger partial charge in [-0.15, -0.1) is 0 Å². The summed E-state index contributed by atoms with van der Waals surface area (Å²) >= 11 is 1.26. The highest BCUT2D eigenvalue weighted by molar-refractivity contribution is 7.22. The molecule has 0 saturated carbocycles. The first-order chi connectivity index (χ1) is 14.9. The van der Waals surface area contributed by atoms with Crippen molar-refractivity contribution in [2.45, 2.75) is 13.8 Å². The Morgan fingerprint density at radius 1 is 1.19 bits per heavy atom. The number of hydrogen-bond donors (Lipinski definition) is 0. The maximum atomic E-state index is 13.6. The van der Waals surface area contributed by atoms with Gasteiger partial charge >= 0.3 is 0 Å². The van der Waals surface area contributed by atoms with Crippen LogP contribution in [0, 0.1) is 15.9 Å². The van der Waals surface area contributed by atoms with Gasteiger partial charge in [-0.2, -0.15) is 0 Å². The van der Waals surface area contributed by atoms with Crippen LogP contribution in [0.15, 0.2) is 48.5 Å². The van der Waals surface area contributed by atoms with E-state index < -0.39 is 4.92 Å². The standard InChI is InChI=1S/C22H23FN4O3S/c1-3-25(4-2)12-13-26(22-24-19-10-9-17(23)15-20(19)31-22)21(28)11-8-16-6-5-7-18(14-16)27(29)30/h5-11,14-15H,3-4,12-13H2,1-2H3/b11-8+. The Hall–Kier alpha value is -3.17. The molecule has 1 heterocycles. The highest BCUT2D eigenvalue weighted by atomic mass is 32.1. The molecule has 0 spiro atoms. The van der Waals surface area contributed by atoms with Crippen molar-refractivity contribution in [3.63, 3.8) is 0 Å². The number of carbonyl (C=O) groups is 1. The van der Waals surface area contributed by atoms with Crippen LogP contribution >= 0.6 is 11.3 Å². The molecule has 0 aliphatic carbocycles. The molecule has 0 radical (unpaired) electrons. The number of anilines is 1. The fourth-order valence-corrected chi connectivity index (χ4v) is 4.10. The quantitative estimate of drug-likeness (QED) is 0.272. The Morgan fingerprint density at radius 3 is 2.68 bits per heavy atom. The molecule has 0 aliphatic rings. The molecule has 31 heavy (non-hydrogen) atoms. The first kappa shape index (κ1) is 22.5. The third-order valence-electron chi connectivity index (χ3n) is 4.87. The number of thiazole rings is 1. The van der Waals surface area contributed by atoms with Crippen molar-refractivity contribution in [1.29, 1.82) is 0 Å². The number of nitrogens with zero attached hydrogens (tertiary/aromatic N) is 4. The summed E-state index contributed by atoms with van der Waals surface area (Å²) in [6, 6.07) is 10.4. The van der Waals surface area contributed by atoms with Crippen molar-refractivity contribution in [2.75, 3.05) is 31.1 Å². The second kappa shape index (κ2) is 10.2. The first-order valence-electron chi connectivity index (χ1n) is 9.93. The minimum atomic E-state index is -0.476. The molecule has 3 rings (SSSR count). The molecule has 0 atom stereocenters. The highest BCUT2D eigenvalue weighted by Gasteiger charge is 2.19. The molecule has 1 aromatic heterocycles. The van der Waals surface area contributed by atoms with Crippen LogP contribution < -0.4 is 4.90 Å². The Bertz CT molecular complexity index is 1110. The van der Waals surface area contributed by atoms with E-state index in [9.17, 15) is 19.3 Å². The van der Waals surface area contributed by atoms with E-state index in [2.05, 4.69) is 23.7 Å². The Morgan fingerprint density at radius 2 is 1.97 bits per heavy atom. The number of carbonyl (C=O) groups excluding carboxylic acids is 1. The second-order valence-electron chi connectivity index (χ2n) is 6.81. The summed E-state index contributed by atoms with van der Waals surface area (Å²) in [4.78, 5) is 31.8. The lowest BCUT2D eigenvalue weighted by Gasteiger charge is -2.23. The van der Waals surface area contributed by atoms with Gasteiger partial charge in [0.05, 0.1) is 15.1 Å². The van der Waals surface area contributed by atoms with E-state index in [0.29, 0.717) is 34.0 Å². The van der Waals surface area contributed by atoms with Gasteiger partial charge in [-0.3, -0.25) is 19.8 Å². The van der Waals surface area contributed by atoms with E-state index in [0.717, 1.165) is 13.1 Å². The molecule has 0 N–H and O–H groups in total. The van der Waals surface area contributed by atoms with Gasteiger partial charge in [0.2, 0.25) is 0 Å². The number of aromatic nitrogens is 1. The zero-order chi connectivity index (χ0) is 22.4. The molecular formula is C22H23FN4O3S. The molecule has 0 saturated heterocycles. The minimum absolute atomic E-state index is 0.0406. The number of non-ortho nitro benzene ring substituents is 1. The van der Waals surface area contributed by atoms with Crippen molar-refractivity contribution in [1.82, 2.24) is 9.88 Å². The lowest BCUT2D eigenvalue weighted by molar-refractivity contribution is -0.384. The lowest BCUT2D eigenvalue weighted by atomic mass is 10.2. The zero-order valence-electron chi connectivity index (χ0n) is 17.3. The van der Waals surface area contributed by atoms with Crippen molar-refractivity contribution in [3.8, 4) is 0 Å². The largest absolute Gasteiger partial charge is 0.302 e. The first-order valence-corrected chi connectivity index (χ1v) is 10.8. The third-order valence-corrected chi connectivity index (χ3v) is 5.91. The van der Waals surface area contributed by atoms with Crippen LogP contribution in [0.3, 0.4) is 0 Å². The average molecular weight is 443 g/mol. The van der Waals surface area contributed by atoms with Gasteiger partial charge in [0, 0.05) is 31.3 Å². The Labute approximate surface area is 183 Å². The number of fused-ring (bicyclic) bond motifs is 1. The number of likely N-dealkylation sites (N-methyl/N-ethyl adjacent to an activating group) is 1. The predicted molar refractivity (Wildman–Crippen MR) is 122 cm³/mol. The molecule has 0 bridgehead atoms. The van der Waals surface area contributed by atoms with E-state index >= 15 is 0 Å². The van der Waals surface area contributed by atoms with Crippen LogP contribution in [-0.4, -0.2) is 46.9 Å². The maximum Gasteiger partial charge on any atom is 0.270 e. The van der Waals surface area contributed by atoms with Gasteiger partial charge in [-0.05, 0) is 42.9 Å². The number of hydrogen-bond acceptors (Lipinski definition) is 6. The number of amides is 1. The molecular weight excluding hydrogens is 419 g/mol. The van der Waals surface area contributed by atoms with Crippen LogP contribution in [-0.2, 0) is 4.79 Å². The van der Waals surface area contributed by atoms with Gasteiger partial charge in [0.1, 0.15) is 5.82 Å². The van der Waals surface area contributed by atoms with Crippen LogP contribution in [0.25, 0.3) is 16.3 Å². The number of nitro groups is 1. The van der Waals surface area contributed by atoms with E-state index in [-0.39, 0.29) is 17.4 Å². The van der Waals surface area contributed by atoms with Gasteiger partial charge in [0.25, 0.3) is 11.6 Å². The summed E-state index contributed by atoms with van der Waals surface area (Å²) in [5, 5.41) is 11.5. The Kier molecular flexibility index (Phi) is 7.43. The van der Waals surface area contributed by atoms with Crippen LogP contribution in [0.4, 0.5) is 15.2 Å². The molecule has 0 aliphatic heterocycles. The molecule has 0 unspecified atom stereocenters. The van der Waals surface area contributed by atoms with Crippen LogP contribution in [0.1, 0.15) is 19.4 Å². The van der Waals surface area contributed by atoms with E-state index in [1.165, 1.54) is 41.7 Å². The third kappa shape index (κ3) is 5.71. The van der Waals surface area contributed by atoms with Gasteiger partial charge in [-0.1, -0.05) is 37.3 Å². The van der Waals surface area contributed by atoms with Gasteiger partial charge < -0.3 is 4.90 Å². The maximum absolute atomic E-state index is 13.6. The summed E-state index contributed by atoms with van der Waals surface area (Å²) < 4.78 is 14.2. The van der Waals surface area contributed by atoms with Crippen molar-refractivity contribution < 1.29 is 14.1 Å². The Balaban J connectivity index is 1.88. The van der Waals surface area contributed by atoms with Crippen molar-refractivity contribution in [3.05, 3.63) is 70.0 Å². The molecule has 9 heteroatoms. The lowest BCUT2D eigenvalue weighted by Crippen LogP contribution is -2.38. The van der Waals surface area contributed by atoms with Crippen molar-refractivity contribution in [2.24, 2.45) is 0 Å². The van der Waals surface area contributed by atoms with Gasteiger partial charge in [-0.25, -0.2) is 9.37 Å². The van der Waals surface area contributed by atoms with Gasteiger partial charge in [0.15, 0.2) is 5.13 Å². The monoisotopic (exact) mass is 442 g/mol. The molecule has 3 aromatic rings. The fourth-order valence-electron chi connectivity index (χ4n) is 3.08. The van der Waals surface area contributed by atoms with E-state index in [1.54, 1.807) is 29.2 Å². The summed E-state index contributed by atoms with van der Waals surface area (Å²) in [5.41, 5.74) is 1.14. The van der Waals surface area contributed by atoms with E-state index in [4.69, 9.17) is 0 Å². The smallest absolute Gasteiger partial charge is 0.270 e. The number of halogens is 1. The second-order valence-corrected chi connectivity index (χ2v) is 7.82. The zero-order valence-corrected chi connectivity index (χ0v) is 18.1. The van der Waals surface area contributed by atoms with Crippen LogP contribution in [0.2, 0.25) is 0 Å². The summed E-state index contributed by atoms with van der Waals surface area (Å²) in [6.07, 6.45) is 2.93. The fraction of sp³-hybridized carbons (Fsp3) is 0.273. The molecule has 1 amide bonds. The summed E-state index contributed by atoms with van der Waals surface area (Å²) in [6.45, 7) is 6.90. The molecule has 162 valence electrons. The minimum Gasteiger partial charge on any atom is -0.302 e. The molecule has 2 aromatic carbocycles. The SMILES string of the molecule is CCN(CC)CCN(C(=O)/C=C/c1cccc([N+](=O)[O-])c1)c1nc2ccc(F)cc2s1. The summed E-state index contributed by atoms with van der Waals surface area (Å²) in [5.74, 6) is -0.646. The average Bonchev–Trinajstić information content (AvgIpc) is 3.18.